The number of carboxylic acid groups (broad SMARTS) is 1. The Hall–Kier alpha value is -0.260. The lowest BCUT2D eigenvalue weighted by molar-refractivity contribution is -0.142. The van der Waals surface area contributed by atoms with Gasteiger partial charge in [-0.05, 0) is 25.0 Å². The second-order valence-electron chi connectivity index (χ2n) is 4.36. The molecule has 0 aromatic carbocycles. The van der Waals surface area contributed by atoms with Gasteiger partial charge in [0.25, 0.3) is 0 Å². The number of hydrogen-bond acceptors (Lipinski definition) is 4. The first-order valence-electron chi connectivity index (χ1n) is 5.04. The highest BCUT2D eigenvalue weighted by Crippen LogP contribution is 2.22. The maximum atomic E-state index is 10.8. The van der Waals surface area contributed by atoms with Crippen molar-refractivity contribution >= 4 is 17.7 Å². The second-order valence-corrected chi connectivity index (χ2v) is 5.83. The molecule has 0 aromatic rings. The van der Waals surface area contributed by atoms with Crippen molar-refractivity contribution in [2.45, 2.75) is 38.0 Å². The van der Waals surface area contributed by atoms with E-state index in [-0.39, 0.29) is 17.8 Å². The van der Waals surface area contributed by atoms with E-state index >= 15 is 0 Å². The molecule has 4 N–H and O–H groups in total. The highest BCUT2D eigenvalue weighted by Gasteiger charge is 2.29. The Balaban J connectivity index is 3.93. The van der Waals surface area contributed by atoms with Gasteiger partial charge < -0.3 is 15.9 Å². The Kier molecular flexibility index (Phi) is 6.24. The van der Waals surface area contributed by atoms with E-state index in [0.717, 1.165) is 5.75 Å². The van der Waals surface area contributed by atoms with Crippen LogP contribution in [0.4, 0.5) is 0 Å². The van der Waals surface area contributed by atoms with Crippen molar-refractivity contribution in [2.75, 3.05) is 12.4 Å². The van der Waals surface area contributed by atoms with E-state index in [1.807, 2.05) is 13.8 Å². The predicted octanol–water partition coefficient (Wildman–Crippen LogP) is 0.929. The maximum absolute atomic E-state index is 10.8. The van der Waals surface area contributed by atoms with Gasteiger partial charge in [-0.2, -0.15) is 11.8 Å². The second kappa shape index (κ2) is 6.35. The maximum Gasteiger partial charge on any atom is 0.323 e. The molecule has 0 rings (SSSR count). The number of carbonyl (C=O) groups is 1. The Morgan fingerprint density at radius 3 is 2.47 bits per heavy atom. The Labute approximate surface area is 95.2 Å². The zero-order valence-electron chi connectivity index (χ0n) is 9.56. The Morgan fingerprint density at radius 1 is 1.53 bits per heavy atom. The van der Waals surface area contributed by atoms with Crippen molar-refractivity contribution in [3.05, 3.63) is 0 Å². The predicted molar refractivity (Wildman–Crippen MR) is 63.0 cm³/mol. The van der Waals surface area contributed by atoms with Crippen LogP contribution in [0.3, 0.4) is 0 Å². The molecule has 0 aliphatic carbocycles. The molecular weight excluding hydrogens is 214 g/mol. The number of hydrogen-bond donors (Lipinski definition) is 3. The Morgan fingerprint density at radius 2 is 2.07 bits per heavy atom. The van der Waals surface area contributed by atoms with Gasteiger partial charge in [0.15, 0.2) is 0 Å². The van der Waals surface area contributed by atoms with Crippen molar-refractivity contribution in [3.8, 4) is 0 Å². The summed E-state index contributed by atoms with van der Waals surface area (Å²) in [5.41, 5.74) is 4.48. The van der Waals surface area contributed by atoms with Crippen molar-refractivity contribution in [2.24, 2.45) is 11.7 Å². The van der Waals surface area contributed by atoms with E-state index in [4.69, 9.17) is 15.9 Å². The van der Waals surface area contributed by atoms with Crippen LogP contribution in [0.25, 0.3) is 0 Å². The van der Waals surface area contributed by atoms with Gasteiger partial charge in [0.1, 0.15) is 5.54 Å². The van der Waals surface area contributed by atoms with Gasteiger partial charge in [0.05, 0.1) is 0 Å². The SMILES string of the molecule is CC(CO)CSC(C)CC(C)(N)C(=O)O. The molecule has 0 spiro atoms. The third-order valence-electron chi connectivity index (χ3n) is 2.18. The lowest BCUT2D eigenvalue weighted by Crippen LogP contribution is -2.46. The van der Waals surface area contributed by atoms with E-state index in [2.05, 4.69) is 0 Å². The fourth-order valence-electron chi connectivity index (χ4n) is 1.12. The van der Waals surface area contributed by atoms with E-state index in [1.165, 1.54) is 6.92 Å². The lowest BCUT2D eigenvalue weighted by atomic mass is 9.98. The molecule has 0 saturated carbocycles. The first-order chi connectivity index (χ1) is 6.79. The minimum Gasteiger partial charge on any atom is -0.480 e. The average molecular weight is 235 g/mol. The van der Waals surface area contributed by atoms with Gasteiger partial charge in [0, 0.05) is 11.9 Å². The summed E-state index contributed by atoms with van der Waals surface area (Å²) in [6.07, 6.45) is 0.436. The number of thioether (sulfide) groups is 1. The largest absolute Gasteiger partial charge is 0.480 e. The van der Waals surface area contributed by atoms with Crippen LogP contribution in [-0.2, 0) is 4.79 Å². The number of rotatable bonds is 7. The zero-order chi connectivity index (χ0) is 12.1. The average Bonchev–Trinajstić information content (AvgIpc) is 2.13. The van der Waals surface area contributed by atoms with Gasteiger partial charge in [0.2, 0.25) is 0 Å². The Bertz CT molecular complexity index is 209. The summed E-state index contributed by atoms with van der Waals surface area (Å²) in [5, 5.41) is 17.9. The van der Waals surface area contributed by atoms with Crippen LogP contribution in [0.1, 0.15) is 27.2 Å². The molecule has 0 bridgehead atoms. The van der Waals surface area contributed by atoms with Gasteiger partial charge in [-0.1, -0.05) is 13.8 Å². The normalized spacial score (nSPS) is 19.3. The van der Waals surface area contributed by atoms with Crippen LogP contribution in [-0.4, -0.2) is 39.3 Å². The minimum absolute atomic E-state index is 0.165. The molecular formula is C10H21NO3S. The molecule has 0 fully saturated rings. The van der Waals surface area contributed by atoms with E-state index in [9.17, 15) is 4.79 Å². The monoisotopic (exact) mass is 235 g/mol. The van der Waals surface area contributed by atoms with Crippen LogP contribution in [0.15, 0.2) is 0 Å². The molecule has 0 radical (unpaired) electrons. The van der Waals surface area contributed by atoms with Crippen LogP contribution in [0.2, 0.25) is 0 Å². The van der Waals surface area contributed by atoms with Crippen molar-refractivity contribution in [1.29, 1.82) is 0 Å². The van der Waals surface area contributed by atoms with Crippen LogP contribution in [0, 0.1) is 5.92 Å². The summed E-state index contributed by atoms with van der Waals surface area (Å²) in [6, 6.07) is 0. The highest BCUT2D eigenvalue weighted by molar-refractivity contribution is 7.99. The third kappa shape index (κ3) is 6.02. The summed E-state index contributed by atoms with van der Waals surface area (Å²) >= 11 is 1.65. The number of carboxylic acids is 1. The molecule has 3 unspecified atom stereocenters. The standard InChI is InChI=1S/C10H21NO3S/c1-7(5-12)6-15-8(2)4-10(3,11)9(13)14/h7-8,12H,4-6,11H2,1-3H3,(H,13,14). The van der Waals surface area contributed by atoms with Crippen molar-refractivity contribution in [3.63, 3.8) is 0 Å². The minimum atomic E-state index is -1.16. The van der Waals surface area contributed by atoms with Gasteiger partial charge in [-0.3, -0.25) is 4.79 Å². The summed E-state index contributed by atoms with van der Waals surface area (Å²) in [6.45, 7) is 5.61. The summed E-state index contributed by atoms with van der Waals surface area (Å²) < 4.78 is 0. The summed E-state index contributed by atoms with van der Waals surface area (Å²) in [5.74, 6) is 0.101. The molecule has 0 aliphatic rings. The highest BCUT2D eigenvalue weighted by atomic mass is 32.2. The van der Waals surface area contributed by atoms with Crippen LogP contribution < -0.4 is 5.73 Å². The molecule has 5 heteroatoms. The van der Waals surface area contributed by atoms with Crippen molar-refractivity contribution < 1.29 is 15.0 Å². The molecule has 0 aliphatic heterocycles. The van der Waals surface area contributed by atoms with Crippen molar-refractivity contribution in [1.82, 2.24) is 0 Å². The molecule has 0 aromatic heterocycles. The zero-order valence-corrected chi connectivity index (χ0v) is 10.4. The van der Waals surface area contributed by atoms with Gasteiger partial charge >= 0.3 is 5.97 Å². The van der Waals surface area contributed by atoms with E-state index in [1.54, 1.807) is 11.8 Å². The van der Waals surface area contributed by atoms with Gasteiger partial charge in [-0.15, -0.1) is 0 Å². The molecule has 0 amide bonds. The molecule has 0 saturated heterocycles. The summed E-state index contributed by atoms with van der Waals surface area (Å²) in [4.78, 5) is 10.8. The van der Waals surface area contributed by atoms with Gasteiger partial charge in [-0.25, -0.2) is 0 Å². The van der Waals surface area contributed by atoms with Crippen LogP contribution in [0.5, 0.6) is 0 Å². The molecule has 15 heavy (non-hydrogen) atoms. The quantitative estimate of drug-likeness (QED) is 0.611. The fourth-order valence-corrected chi connectivity index (χ4v) is 2.35. The first-order valence-corrected chi connectivity index (χ1v) is 6.09. The van der Waals surface area contributed by atoms with Crippen LogP contribution >= 0.6 is 11.8 Å². The molecule has 90 valence electrons. The third-order valence-corrected chi connectivity index (χ3v) is 3.67. The number of aliphatic hydroxyl groups excluding tert-OH is 1. The lowest BCUT2D eigenvalue weighted by Gasteiger charge is -2.23. The topological polar surface area (TPSA) is 83.5 Å². The first kappa shape index (κ1) is 14.7. The number of nitrogens with two attached hydrogens (primary N) is 1. The molecule has 0 heterocycles. The molecule has 4 nitrogen and oxygen atoms in total. The molecule has 3 atom stereocenters. The number of aliphatic carboxylic acids is 1. The van der Waals surface area contributed by atoms with E-state index in [0.29, 0.717) is 6.42 Å². The fraction of sp³-hybridized carbons (Fsp3) is 0.900. The number of aliphatic hydroxyl groups is 1. The summed E-state index contributed by atoms with van der Waals surface area (Å²) in [7, 11) is 0. The van der Waals surface area contributed by atoms with E-state index < -0.39 is 11.5 Å². The smallest absolute Gasteiger partial charge is 0.323 e.